The molecule has 0 aromatic carbocycles. The van der Waals surface area contributed by atoms with Crippen molar-refractivity contribution < 1.29 is 19.4 Å². The van der Waals surface area contributed by atoms with Gasteiger partial charge in [0.1, 0.15) is 17.2 Å². The van der Waals surface area contributed by atoms with Crippen molar-refractivity contribution in [2.75, 3.05) is 11.9 Å². The van der Waals surface area contributed by atoms with Crippen molar-refractivity contribution in [3.63, 3.8) is 0 Å². The highest BCUT2D eigenvalue weighted by atomic mass is 19.1. The fraction of sp³-hybridized carbons (Fsp3) is 0.500. The summed E-state index contributed by atoms with van der Waals surface area (Å²) in [5, 5.41) is 21.0. The summed E-state index contributed by atoms with van der Waals surface area (Å²) in [5.41, 5.74) is -0.698. The molecular weight excluding hydrogens is 239 g/mol. The number of carbonyl (C=O) groups is 1. The van der Waals surface area contributed by atoms with Gasteiger partial charge < -0.3 is 15.5 Å². The third-order valence-corrected chi connectivity index (χ3v) is 2.95. The second kappa shape index (κ2) is 5.77. The van der Waals surface area contributed by atoms with Crippen molar-refractivity contribution in [3.05, 3.63) is 23.6 Å². The van der Waals surface area contributed by atoms with Crippen molar-refractivity contribution in [2.24, 2.45) is 0 Å². The van der Waals surface area contributed by atoms with Crippen molar-refractivity contribution in [2.45, 2.75) is 32.2 Å². The van der Waals surface area contributed by atoms with Crippen LogP contribution in [0.4, 0.5) is 10.2 Å². The number of carboxylic acids is 1. The molecule has 1 rings (SSSR count). The maximum Gasteiger partial charge on any atom is 0.339 e. The number of aliphatic hydroxyl groups is 1. The maximum atomic E-state index is 13.0. The molecule has 0 fully saturated rings. The molecule has 1 atom stereocenters. The number of aromatic nitrogens is 1. The zero-order chi connectivity index (χ0) is 13.8. The van der Waals surface area contributed by atoms with Gasteiger partial charge in [0.15, 0.2) is 0 Å². The van der Waals surface area contributed by atoms with E-state index < -0.39 is 17.3 Å². The molecule has 1 aromatic rings. The Morgan fingerprint density at radius 1 is 1.61 bits per heavy atom. The van der Waals surface area contributed by atoms with Gasteiger partial charge in [-0.05, 0) is 25.8 Å². The lowest BCUT2D eigenvalue weighted by atomic mass is 9.94. The van der Waals surface area contributed by atoms with Gasteiger partial charge in [-0.3, -0.25) is 0 Å². The summed E-state index contributed by atoms with van der Waals surface area (Å²) in [6.07, 6.45) is 2.08. The van der Waals surface area contributed by atoms with Gasteiger partial charge in [-0.2, -0.15) is 0 Å². The van der Waals surface area contributed by atoms with Crippen LogP contribution in [0.5, 0.6) is 0 Å². The Hall–Kier alpha value is -1.69. The van der Waals surface area contributed by atoms with Crippen LogP contribution in [0.15, 0.2) is 12.3 Å². The van der Waals surface area contributed by atoms with Gasteiger partial charge in [0.05, 0.1) is 6.20 Å². The summed E-state index contributed by atoms with van der Waals surface area (Å²) in [4.78, 5) is 14.8. The highest BCUT2D eigenvalue weighted by Crippen LogP contribution is 2.23. The lowest BCUT2D eigenvalue weighted by molar-refractivity contribution is 0.0697. The number of rotatable bonds is 6. The fourth-order valence-corrected chi connectivity index (χ4v) is 1.56. The molecule has 0 aliphatic rings. The molecular formula is C12H17FN2O3. The third kappa shape index (κ3) is 3.40. The molecule has 18 heavy (non-hydrogen) atoms. The van der Waals surface area contributed by atoms with Gasteiger partial charge in [0.2, 0.25) is 0 Å². The van der Waals surface area contributed by atoms with Gasteiger partial charge in [-0.1, -0.05) is 6.92 Å². The maximum absolute atomic E-state index is 13.0. The number of halogens is 1. The van der Waals surface area contributed by atoms with E-state index in [1.165, 1.54) is 0 Å². The highest BCUT2D eigenvalue weighted by molar-refractivity contribution is 5.93. The van der Waals surface area contributed by atoms with Crippen LogP contribution in [0, 0.1) is 5.82 Å². The minimum Gasteiger partial charge on any atom is -0.478 e. The van der Waals surface area contributed by atoms with E-state index in [9.17, 15) is 9.18 Å². The number of nitrogens with one attached hydrogen (secondary N) is 1. The fourth-order valence-electron chi connectivity index (χ4n) is 1.56. The standard InChI is InChI=1S/C12H17FN2O3/c1-3-12(2,4-5-16)15-10-9(11(17)18)6-8(13)7-14-10/h6-7,16H,3-5H2,1-2H3,(H,14,15)(H,17,18). The summed E-state index contributed by atoms with van der Waals surface area (Å²) in [6, 6.07) is 0.923. The van der Waals surface area contributed by atoms with Crippen molar-refractivity contribution in [1.82, 2.24) is 4.98 Å². The number of hydrogen-bond donors (Lipinski definition) is 3. The van der Waals surface area contributed by atoms with Gasteiger partial charge in [-0.25, -0.2) is 14.2 Å². The van der Waals surface area contributed by atoms with E-state index in [0.29, 0.717) is 12.8 Å². The average Bonchev–Trinajstić information content (AvgIpc) is 2.31. The Labute approximate surface area is 105 Å². The molecule has 0 saturated carbocycles. The monoisotopic (exact) mass is 256 g/mol. The van der Waals surface area contributed by atoms with E-state index >= 15 is 0 Å². The van der Waals surface area contributed by atoms with Gasteiger partial charge in [0.25, 0.3) is 0 Å². The molecule has 0 bridgehead atoms. The largest absolute Gasteiger partial charge is 0.478 e. The van der Waals surface area contributed by atoms with Crippen LogP contribution in [0.2, 0.25) is 0 Å². The quantitative estimate of drug-likeness (QED) is 0.724. The van der Waals surface area contributed by atoms with Gasteiger partial charge in [-0.15, -0.1) is 0 Å². The molecule has 0 aliphatic carbocycles. The molecule has 0 amide bonds. The minimum absolute atomic E-state index is 0.0268. The zero-order valence-corrected chi connectivity index (χ0v) is 10.4. The molecule has 0 spiro atoms. The molecule has 6 heteroatoms. The Balaban J connectivity index is 3.06. The number of aliphatic hydroxyl groups excluding tert-OH is 1. The number of nitrogens with zero attached hydrogens (tertiary/aromatic N) is 1. The molecule has 3 N–H and O–H groups in total. The average molecular weight is 256 g/mol. The summed E-state index contributed by atoms with van der Waals surface area (Å²) in [7, 11) is 0. The topological polar surface area (TPSA) is 82.5 Å². The third-order valence-electron chi connectivity index (χ3n) is 2.95. The predicted octanol–water partition coefficient (Wildman–Crippen LogP) is 1.88. The molecule has 1 heterocycles. The van der Waals surface area contributed by atoms with E-state index in [-0.39, 0.29) is 18.0 Å². The van der Waals surface area contributed by atoms with Gasteiger partial charge in [0, 0.05) is 12.1 Å². The van der Waals surface area contributed by atoms with Crippen LogP contribution in [0.25, 0.3) is 0 Å². The van der Waals surface area contributed by atoms with E-state index in [4.69, 9.17) is 10.2 Å². The molecule has 0 saturated heterocycles. The Morgan fingerprint density at radius 3 is 2.78 bits per heavy atom. The SMILES string of the molecule is CCC(C)(CCO)Nc1ncc(F)cc1C(=O)O. The number of hydrogen-bond acceptors (Lipinski definition) is 4. The van der Waals surface area contributed by atoms with E-state index in [1.54, 1.807) is 0 Å². The van der Waals surface area contributed by atoms with Crippen molar-refractivity contribution in [1.29, 1.82) is 0 Å². The normalized spacial score (nSPS) is 14.0. The van der Waals surface area contributed by atoms with Crippen LogP contribution in [-0.4, -0.2) is 33.3 Å². The van der Waals surface area contributed by atoms with E-state index in [2.05, 4.69) is 10.3 Å². The molecule has 100 valence electrons. The van der Waals surface area contributed by atoms with Crippen molar-refractivity contribution in [3.8, 4) is 0 Å². The molecule has 1 unspecified atom stereocenters. The Morgan fingerprint density at radius 2 is 2.28 bits per heavy atom. The molecule has 1 aromatic heterocycles. The summed E-state index contributed by atoms with van der Waals surface area (Å²) < 4.78 is 13.0. The number of carboxylic acid groups (broad SMARTS) is 1. The molecule has 0 radical (unpaired) electrons. The number of pyridine rings is 1. The van der Waals surface area contributed by atoms with E-state index in [0.717, 1.165) is 12.3 Å². The Bertz CT molecular complexity index is 439. The van der Waals surface area contributed by atoms with Crippen LogP contribution >= 0.6 is 0 Å². The lowest BCUT2D eigenvalue weighted by Gasteiger charge is -2.30. The minimum atomic E-state index is -1.24. The smallest absolute Gasteiger partial charge is 0.339 e. The first-order chi connectivity index (χ1) is 8.41. The first-order valence-electron chi connectivity index (χ1n) is 5.69. The second-order valence-corrected chi connectivity index (χ2v) is 4.37. The van der Waals surface area contributed by atoms with Crippen molar-refractivity contribution >= 4 is 11.8 Å². The second-order valence-electron chi connectivity index (χ2n) is 4.37. The number of anilines is 1. The summed E-state index contributed by atoms with van der Waals surface area (Å²) in [6.45, 7) is 3.73. The van der Waals surface area contributed by atoms with E-state index in [1.807, 2.05) is 13.8 Å². The van der Waals surface area contributed by atoms with Gasteiger partial charge >= 0.3 is 5.97 Å². The first-order valence-corrected chi connectivity index (χ1v) is 5.69. The predicted molar refractivity (Wildman–Crippen MR) is 65.2 cm³/mol. The lowest BCUT2D eigenvalue weighted by Crippen LogP contribution is -2.36. The van der Waals surface area contributed by atoms with Crippen LogP contribution < -0.4 is 5.32 Å². The van der Waals surface area contributed by atoms with Crippen LogP contribution in [0.3, 0.4) is 0 Å². The molecule has 5 nitrogen and oxygen atoms in total. The van der Waals surface area contributed by atoms with Crippen LogP contribution in [0.1, 0.15) is 37.0 Å². The first kappa shape index (κ1) is 14.4. The highest BCUT2D eigenvalue weighted by Gasteiger charge is 2.24. The zero-order valence-electron chi connectivity index (χ0n) is 10.4. The van der Waals surface area contributed by atoms with Crippen LogP contribution in [-0.2, 0) is 0 Å². The Kier molecular flexibility index (Phi) is 4.61. The summed E-state index contributed by atoms with van der Waals surface area (Å²) in [5.74, 6) is -1.83. The molecule has 0 aliphatic heterocycles. The summed E-state index contributed by atoms with van der Waals surface area (Å²) >= 11 is 0. The number of aromatic carboxylic acids is 1.